The van der Waals surface area contributed by atoms with Crippen molar-refractivity contribution < 1.29 is 19.7 Å². The van der Waals surface area contributed by atoms with Gasteiger partial charge in [-0.25, -0.2) is 0 Å². The Morgan fingerprint density at radius 2 is 1.89 bits per heavy atom. The molecule has 0 saturated carbocycles. The molecule has 1 amide bonds. The fourth-order valence-corrected chi connectivity index (χ4v) is 4.55. The quantitative estimate of drug-likeness (QED) is 0.297. The van der Waals surface area contributed by atoms with Gasteiger partial charge in [0.1, 0.15) is 6.61 Å². The minimum Gasteiger partial charge on any atom is -0.388 e. The molecular weight excluding hydrogens is 440 g/mol. The minimum absolute atomic E-state index is 0.116. The summed E-state index contributed by atoms with van der Waals surface area (Å²) in [7, 11) is 3.78. The van der Waals surface area contributed by atoms with Crippen molar-refractivity contribution in [1.82, 2.24) is 9.47 Å². The number of aliphatic hydroxyl groups is 1. The Hall–Kier alpha value is -3.87. The number of fused-ring (bicyclic) bond motifs is 2. The zero-order chi connectivity index (χ0) is 24.4. The molecule has 1 atom stereocenters. The lowest BCUT2D eigenvalue weighted by Crippen LogP contribution is -2.27. The van der Waals surface area contributed by atoms with Crippen LogP contribution in [-0.2, 0) is 23.3 Å². The zero-order valence-corrected chi connectivity index (χ0v) is 19.8. The molecule has 0 bridgehead atoms. The zero-order valence-electron chi connectivity index (χ0n) is 19.8. The molecular formula is C29H28N2O4. The van der Waals surface area contributed by atoms with Gasteiger partial charge < -0.3 is 19.5 Å². The van der Waals surface area contributed by atoms with Crippen LogP contribution in [0.3, 0.4) is 0 Å². The Morgan fingerprint density at radius 1 is 1.11 bits per heavy atom. The van der Waals surface area contributed by atoms with E-state index in [0.717, 1.165) is 44.6 Å². The number of rotatable bonds is 7. The van der Waals surface area contributed by atoms with Crippen molar-refractivity contribution in [3.63, 3.8) is 0 Å². The van der Waals surface area contributed by atoms with Crippen LogP contribution >= 0.6 is 0 Å². The monoisotopic (exact) mass is 468 g/mol. The van der Waals surface area contributed by atoms with Crippen LogP contribution in [0.15, 0.2) is 78.9 Å². The van der Waals surface area contributed by atoms with Crippen LogP contribution < -0.4 is 4.89 Å². The first kappa shape index (κ1) is 22.9. The van der Waals surface area contributed by atoms with Crippen LogP contribution in [0.4, 0.5) is 0 Å². The van der Waals surface area contributed by atoms with E-state index in [1.165, 1.54) is 0 Å². The van der Waals surface area contributed by atoms with Crippen LogP contribution in [0.1, 0.15) is 29.2 Å². The second-order valence-electron chi connectivity index (χ2n) is 8.81. The standard InChI is InChI=1S/C29H28N2O4/c1-30(17-16-26(32)20-8-4-3-5-9-20)28(33)15-14-24-23-10-6-7-11-25(23)31(2)29(24)21-12-13-22-19-34-35-27(22)18-21/h3-15,18,26,32H,16-17,19H2,1-2H3/b15-14+. The highest BCUT2D eigenvalue weighted by Gasteiger charge is 2.20. The molecule has 1 aliphatic rings. The summed E-state index contributed by atoms with van der Waals surface area (Å²) >= 11 is 0. The molecule has 1 unspecified atom stereocenters. The van der Waals surface area contributed by atoms with Gasteiger partial charge in [-0.2, -0.15) is 4.89 Å². The van der Waals surface area contributed by atoms with Gasteiger partial charge >= 0.3 is 0 Å². The molecule has 6 heteroatoms. The van der Waals surface area contributed by atoms with Crippen LogP contribution in [0.2, 0.25) is 0 Å². The summed E-state index contributed by atoms with van der Waals surface area (Å²) in [4.78, 5) is 25.0. The number of amides is 1. The van der Waals surface area contributed by atoms with E-state index in [2.05, 4.69) is 22.8 Å². The molecule has 4 aromatic rings. The van der Waals surface area contributed by atoms with E-state index in [0.29, 0.717) is 19.6 Å². The number of benzene rings is 3. The van der Waals surface area contributed by atoms with E-state index in [4.69, 9.17) is 9.78 Å². The number of aromatic nitrogens is 1. The van der Waals surface area contributed by atoms with E-state index >= 15 is 0 Å². The molecule has 1 aliphatic heterocycles. The predicted octanol–water partition coefficient (Wildman–Crippen LogP) is 5.26. The van der Waals surface area contributed by atoms with Gasteiger partial charge in [0.15, 0.2) is 5.75 Å². The molecule has 0 fully saturated rings. The summed E-state index contributed by atoms with van der Waals surface area (Å²) in [6.45, 7) is 0.890. The van der Waals surface area contributed by atoms with Crippen LogP contribution in [0.5, 0.6) is 5.75 Å². The van der Waals surface area contributed by atoms with Crippen LogP contribution in [0.25, 0.3) is 28.2 Å². The normalized spacial score (nSPS) is 13.7. The predicted molar refractivity (Wildman–Crippen MR) is 136 cm³/mol. The highest BCUT2D eigenvalue weighted by atomic mass is 17.2. The Labute approximate surface area is 204 Å². The number of likely N-dealkylation sites (N-methyl/N-ethyl adjacent to an activating group) is 1. The number of para-hydroxylation sites is 1. The number of aliphatic hydroxyl groups excluding tert-OH is 1. The highest BCUT2D eigenvalue weighted by molar-refractivity contribution is 6.01. The van der Waals surface area contributed by atoms with Crippen molar-refractivity contribution in [3.8, 4) is 17.0 Å². The van der Waals surface area contributed by atoms with Gasteiger partial charge in [-0.05, 0) is 30.2 Å². The van der Waals surface area contributed by atoms with Gasteiger partial charge in [0.25, 0.3) is 0 Å². The highest BCUT2D eigenvalue weighted by Crippen LogP contribution is 2.37. The van der Waals surface area contributed by atoms with E-state index in [1.54, 1.807) is 18.0 Å². The van der Waals surface area contributed by atoms with Crippen molar-refractivity contribution in [2.45, 2.75) is 19.1 Å². The van der Waals surface area contributed by atoms with E-state index < -0.39 is 6.10 Å². The average Bonchev–Trinajstić information content (AvgIpc) is 3.48. The second kappa shape index (κ2) is 9.78. The maximum Gasteiger partial charge on any atom is 0.246 e. The van der Waals surface area contributed by atoms with Gasteiger partial charge in [-0.15, -0.1) is 0 Å². The molecule has 5 rings (SSSR count). The molecule has 1 N–H and O–H groups in total. The summed E-state index contributed by atoms with van der Waals surface area (Å²) < 4.78 is 2.14. The maximum atomic E-state index is 12.9. The molecule has 3 aromatic carbocycles. The van der Waals surface area contributed by atoms with Crippen LogP contribution in [-0.4, -0.2) is 34.1 Å². The Morgan fingerprint density at radius 3 is 2.71 bits per heavy atom. The van der Waals surface area contributed by atoms with Gasteiger partial charge in [-0.3, -0.25) is 4.79 Å². The van der Waals surface area contributed by atoms with Crippen molar-refractivity contribution in [1.29, 1.82) is 0 Å². The molecule has 2 heterocycles. The molecule has 0 aliphatic carbocycles. The largest absolute Gasteiger partial charge is 0.388 e. The lowest BCUT2D eigenvalue weighted by atomic mass is 10.0. The van der Waals surface area contributed by atoms with E-state index in [9.17, 15) is 9.90 Å². The van der Waals surface area contributed by atoms with Crippen LogP contribution in [0, 0.1) is 0 Å². The Bertz CT molecular complexity index is 1390. The molecule has 35 heavy (non-hydrogen) atoms. The Kier molecular flexibility index (Phi) is 6.40. The summed E-state index contributed by atoms with van der Waals surface area (Å²) in [6.07, 6.45) is 3.35. The first-order chi connectivity index (χ1) is 17.0. The maximum absolute atomic E-state index is 12.9. The van der Waals surface area contributed by atoms with E-state index in [1.807, 2.05) is 67.7 Å². The molecule has 1 aromatic heterocycles. The van der Waals surface area contributed by atoms with E-state index in [-0.39, 0.29) is 5.91 Å². The fraction of sp³-hybridized carbons (Fsp3) is 0.207. The first-order valence-corrected chi connectivity index (χ1v) is 11.7. The third-order valence-electron chi connectivity index (χ3n) is 6.54. The molecule has 0 spiro atoms. The molecule has 0 saturated heterocycles. The fourth-order valence-electron chi connectivity index (χ4n) is 4.55. The number of nitrogens with zero attached hydrogens (tertiary/aromatic N) is 2. The van der Waals surface area contributed by atoms with Gasteiger partial charge in [0.05, 0.1) is 11.8 Å². The minimum atomic E-state index is -0.605. The summed E-state index contributed by atoms with van der Waals surface area (Å²) in [5, 5.41) is 11.5. The third-order valence-corrected chi connectivity index (χ3v) is 6.54. The van der Waals surface area contributed by atoms with Gasteiger partial charge in [-0.1, -0.05) is 60.7 Å². The third kappa shape index (κ3) is 4.58. The van der Waals surface area contributed by atoms with Crippen molar-refractivity contribution in [2.24, 2.45) is 7.05 Å². The summed E-state index contributed by atoms with van der Waals surface area (Å²) in [5.74, 6) is 0.602. The number of carbonyl (C=O) groups excluding carboxylic acids is 1. The molecule has 6 nitrogen and oxygen atoms in total. The van der Waals surface area contributed by atoms with Gasteiger partial charge in [0, 0.05) is 54.3 Å². The summed E-state index contributed by atoms with van der Waals surface area (Å²) in [5.41, 5.74) is 5.89. The second-order valence-corrected chi connectivity index (χ2v) is 8.81. The average molecular weight is 469 g/mol. The lowest BCUT2D eigenvalue weighted by molar-refractivity contribution is -0.194. The van der Waals surface area contributed by atoms with Gasteiger partial charge in [0.2, 0.25) is 5.91 Å². The molecule has 0 radical (unpaired) electrons. The number of aryl methyl sites for hydroxylation is 1. The molecule has 178 valence electrons. The van der Waals surface area contributed by atoms with Crippen molar-refractivity contribution in [2.75, 3.05) is 13.6 Å². The van der Waals surface area contributed by atoms with Crippen molar-refractivity contribution in [3.05, 3.63) is 95.6 Å². The summed E-state index contributed by atoms with van der Waals surface area (Å²) in [6, 6.07) is 23.7. The Balaban J connectivity index is 1.40. The lowest BCUT2D eigenvalue weighted by Gasteiger charge is -2.18. The SMILES string of the molecule is CN(CCC(O)c1ccccc1)C(=O)/C=C/c1c(-c2ccc3c(c2)OOC3)n(C)c2ccccc12. The number of hydrogen-bond acceptors (Lipinski definition) is 4. The van der Waals surface area contributed by atoms with Crippen molar-refractivity contribution >= 4 is 22.9 Å². The number of carbonyl (C=O) groups is 1. The smallest absolute Gasteiger partial charge is 0.246 e. The topological polar surface area (TPSA) is 63.9 Å². The number of hydrogen-bond donors (Lipinski definition) is 1. The first-order valence-electron chi connectivity index (χ1n) is 11.7.